The molecule has 0 bridgehead atoms. The van der Waals surface area contributed by atoms with E-state index in [4.69, 9.17) is 0 Å². The molecule has 1 atom stereocenters. The quantitative estimate of drug-likeness (QED) is 0.264. The number of hydrogen-bond donors (Lipinski definition) is 1. The first-order valence-corrected chi connectivity index (χ1v) is 11.8. The Morgan fingerprint density at radius 1 is 0.743 bits per heavy atom. The van der Waals surface area contributed by atoms with Crippen LogP contribution in [0.25, 0.3) is 21.9 Å². The summed E-state index contributed by atoms with van der Waals surface area (Å²) in [5.74, 6) is -1.19. The van der Waals surface area contributed by atoms with Gasteiger partial charge in [-0.05, 0) is 77.3 Å². The van der Waals surface area contributed by atoms with Crippen LogP contribution in [-0.4, -0.2) is 11.1 Å². The molecular weight excluding hydrogens is 449 g/mol. The number of rotatable bonds is 9. The minimum Gasteiger partial charge on any atom is -0.481 e. The van der Waals surface area contributed by atoms with Crippen molar-refractivity contribution in [1.82, 2.24) is 0 Å². The molecule has 4 aromatic carbocycles. The van der Waals surface area contributed by atoms with E-state index in [1.807, 2.05) is 42.5 Å². The molecule has 1 unspecified atom stereocenters. The minimum absolute atomic E-state index is 0.417. The number of carboxylic acid groups (broad SMARTS) is 1. The Bertz CT molecular complexity index is 1270. The number of aryl methyl sites for hydroxylation is 2. The molecule has 0 saturated carbocycles. The summed E-state index contributed by atoms with van der Waals surface area (Å²) < 4.78 is 38.3. The highest BCUT2D eigenvalue weighted by molar-refractivity contribution is 5.85. The molecule has 0 aromatic heterocycles. The van der Waals surface area contributed by atoms with Crippen molar-refractivity contribution in [3.8, 4) is 11.1 Å². The average Bonchev–Trinajstić information content (AvgIpc) is 2.86. The molecule has 0 aliphatic rings. The Labute approximate surface area is 203 Å². The van der Waals surface area contributed by atoms with E-state index in [0.717, 1.165) is 36.1 Å². The van der Waals surface area contributed by atoms with Crippen LogP contribution in [0.3, 0.4) is 0 Å². The normalized spacial score (nSPS) is 12.5. The molecule has 1 N–H and O–H groups in total. The van der Waals surface area contributed by atoms with E-state index < -0.39 is 23.6 Å². The Kier molecular flexibility index (Phi) is 7.54. The first-order valence-electron chi connectivity index (χ1n) is 11.8. The van der Waals surface area contributed by atoms with E-state index in [0.29, 0.717) is 24.8 Å². The Morgan fingerprint density at radius 3 is 2.03 bits per heavy atom. The third kappa shape index (κ3) is 6.30. The number of fused-ring (bicyclic) bond motifs is 1. The van der Waals surface area contributed by atoms with Crippen molar-refractivity contribution in [2.75, 3.05) is 0 Å². The minimum atomic E-state index is -4.35. The van der Waals surface area contributed by atoms with Gasteiger partial charge in [0.15, 0.2) is 0 Å². The van der Waals surface area contributed by atoms with Gasteiger partial charge in [-0.2, -0.15) is 13.2 Å². The zero-order valence-electron chi connectivity index (χ0n) is 19.3. The molecule has 0 spiro atoms. The summed E-state index contributed by atoms with van der Waals surface area (Å²) in [5.41, 5.74) is 3.12. The van der Waals surface area contributed by atoms with Crippen molar-refractivity contribution in [2.45, 2.75) is 38.3 Å². The summed E-state index contributed by atoms with van der Waals surface area (Å²) in [6, 6.07) is 27.1. The molecule has 4 rings (SSSR count). The van der Waals surface area contributed by atoms with Gasteiger partial charge in [-0.3, -0.25) is 4.79 Å². The van der Waals surface area contributed by atoms with Crippen LogP contribution in [0.2, 0.25) is 0 Å². The molecule has 4 aromatic rings. The smallest absolute Gasteiger partial charge is 0.416 e. The number of aliphatic carboxylic acids is 1. The fraction of sp³-hybridized carbons (Fsp3) is 0.233. The molecule has 0 radical (unpaired) electrons. The highest BCUT2D eigenvalue weighted by Gasteiger charge is 2.29. The van der Waals surface area contributed by atoms with Gasteiger partial charge in [-0.1, -0.05) is 78.9 Å². The van der Waals surface area contributed by atoms with Crippen LogP contribution in [0.5, 0.6) is 0 Å². The van der Waals surface area contributed by atoms with Crippen molar-refractivity contribution in [3.05, 3.63) is 108 Å². The second kappa shape index (κ2) is 10.8. The third-order valence-corrected chi connectivity index (χ3v) is 6.51. The van der Waals surface area contributed by atoms with Gasteiger partial charge in [0.25, 0.3) is 0 Å². The van der Waals surface area contributed by atoms with Gasteiger partial charge in [0.1, 0.15) is 0 Å². The van der Waals surface area contributed by atoms with E-state index in [-0.39, 0.29) is 0 Å². The molecule has 0 amide bonds. The van der Waals surface area contributed by atoms with E-state index in [9.17, 15) is 23.1 Å². The molecular formula is C30H27F3O2. The number of hydrogen-bond acceptors (Lipinski definition) is 1. The highest BCUT2D eigenvalue weighted by atomic mass is 19.4. The van der Waals surface area contributed by atoms with Gasteiger partial charge in [0, 0.05) is 0 Å². The number of carbonyl (C=O) groups is 1. The molecule has 0 saturated heterocycles. The first-order chi connectivity index (χ1) is 16.8. The molecule has 5 heteroatoms. The zero-order valence-corrected chi connectivity index (χ0v) is 19.3. The van der Waals surface area contributed by atoms with Crippen molar-refractivity contribution >= 4 is 16.7 Å². The SMILES string of the molecule is O=C(O)C(CCCc1cccc2ccccc12)CCc1ccc(-c2ccc(C(F)(F)F)cc2)cc1. The van der Waals surface area contributed by atoms with Gasteiger partial charge in [-0.15, -0.1) is 0 Å². The maximum Gasteiger partial charge on any atom is 0.416 e. The van der Waals surface area contributed by atoms with Crippen LogP contribution >= 0.6 is 0 Å². The van der Waals surface area contributed by atoms with Crippen molar-refractivity contribution in [1.29, 1.82) is 0 Å². The predicted octanol–water partition coefficient (Wildman–Crippen LogP) is 8.18. The van der Waals surface area contributed by atoms with E-state index in [2.05, 4.69) is 24.3 Å². The molecule has 0 fully saturated rings. The molecule has 2 nitrogen and oxygen atoms in total. The first kappa shape index (κ1) is 24.5. The zero-order chi connectivity index (χ0) is 24.8. The molecule has 0 heterocycles. The number of benzene rings is 4. The summed E-state index contributed by atoms with van der Waals surface area (Å²) in [4.78, 5) is 11.8. The lowest BCUT2D eigenvalue weighted by Gasteiger charge is -2.13. The van der Waals surface area contributed by atoms with Gasteiger partial charge < -0.3 is 5.11 Å². The molecule has 35 heavy (non-hydrogen) atoms. The van der Waals surface area contributed by atoms with Crippen molar-refractivity contribution < 1.29 is 23.1 Å². The Balaban J connectivity index is 1.32. The van der Waals surface area contributed by atoms with Gasteiger partial charge in [0.05, 0.1) is 11.5 Å². The van der Waals surface area contributed by atoms with E-state index in [1.54, 1.807) is 0 Å². The maximum atomic E-state index is 12.8. The van der Waals surface area contributed by atoms with Gasteiger partial charge in [0.2, 0.25) is 0 Å². The van der Waals surface area contributed by atoms with Crippen LogP contribution in [0.1, 0.15) is 36.0 Å². The van der Waals surface area contributed by atoms with Crippen LogP contribution in [0.4, 0.5) is 13.2 Å². The third-order valence-electron chi connectivity index (χ3n) is 6.51. The van der Waals surface area contributed by atoms with Crippen molar-refractivity contribution in [2.24, 2.45) is 5.92 Å². The second-order valence-electron chi connectivity index (χ2n) is 8.88. The maximum absolute atomic E-state index is 12.8. The fourth-order valence-corrected chi connectivity index (χ4v) is 4.50. The topological polar surface area (TPSA) is 37.3 Å². The standard InChI is InChI=1S/C30H27F3O2/c31-30(32,33)27-19-17-23(18-20-27)22-14-11-21(12-15-22)13-16-26(29(34)35)9-4-8-25-7-3-6-24-5-1-2-10-28(24)25/h1-3,5-7,10-12,14-15,17-20,26H,4,8-9,13,16H2,(H,34,35). The van der Waals surface area contributed by atoms with Crippen LogP contribution in [-0.2, 0) is 23.8 Å². The predicted molar refractivity (Wildman–Crippen MR) is 133 cm³/mol. The number of halogens is 3. The molecule has 180 valence electrons. The van der Waals surface area contributed by atoms with E-state index >= 15 is 0 Å². The summed E-state index contributed by atoms with van der Waals surface area (Å²) in [5, 5.41) is 12.1. The largest absolute Gasteiger partial charge is 0.481 e. The number of carboxylic acids is 1. The lowest BCUT2D eigenvalue weighted by Crippen LogP contribution is -2.15. The molecule has 0 aliphatic carbocycles. The van der Waals surface area contributed by atoms with E-state index in [1.165, 1.54) is 28.5 Å². The summed E-state index contributed by atoms with van der Waals surface area (Å²) >= 11 is 0. The monoisotopic (exact) mass is 476 g/mol. The summed E-state index contributed by atoms with van der Waals surface area (Å²) in [6.45, 7) is 0. The van der Waals surface area contributed by atoms with Crippen molar-refractivity contribution in [3.63, 3.8) is 0 Å². The lowest BCUT2D eigenvalue weighted by atomic mass is 9.92. The summed E-state index contributed by atoms with van der Waals surface area (Å²) in [7, 11) is 0. The summed E-state index contributed by atoms with van der Waals surface area (Å²) in [6.07, 6.45) is -0.909. The number of alkyl halides is 3. The Hall–Kier alpha value is -3.60. The van der Waals surface area contributed by atoms with Gasteiger partial charge >= 0.3 is 12.1 Å². The average molecular weight is 477 g/mol. The fourth-order valence-electron chi connectivity index (χ4n) is 4.50. The van der Waals surface area contributed by atoms with Gasteiger partial charge in [-0.25, -0.2) is 0 Å². The van der Waals surface area contributed by atoms with Crippen LogP contribution in [0.15, 0.2) is 91.0 Å². The molecule has 0 aliphatic heterocycles. The lowest BCUT2D eigenvalue weighted by molar-refractivity contribution is -0.142. The van der Waals surface area contributed by atoms with Crippen LogP contribution in [0, 0.1) is 5.92 Å². The Morgan fingerprint density at radius 2 is 1.37 bits per heavy atom. The highest BCUT2D eigenvalue weighted by Crippen LogP contribution is 2.31. The van der Waals surface area contributed by atoms with Crippen LogP contribution < -0.4 is 0 Å². The second-order valence-corrected chi connectivity index (χ2v) is 8.88.